The van der Waals surface area contributed by atoms with Crippen molar-refractivity contribution in [1.29, 1.82) is 0 Å². The van der Waals surface area contributed by atoms with Crippen LogP contribution in [0.2, 0.25) is 0 Å². The average molecular weight is 288 g/mol. The Morgan fingerprint density at radius 1 is 1.29 bits per heavy atom. The third kappa shape index (κ3) is 2.27. The van der Waals surface area contributed by atoms with Crippen molar-refractivity contribution in [3.63, 3.8) is 0 Å². The molecule has 114 valence electrons. The van der Waals surface area contributed by atoms with Crippen molar-refractivity contribution < 1.29 is 4.79 Å². The summed E-state index contributed by atoms with van der Waals surface area (Å²) < 4.78 is 1.83. The number of carbonyl (C=O) groups is 1. The van der Waals surface area contributed by atoms with E-state index in [0.29, 0.717) is 5.91 Å². The second-order valence-electron chi connectivity index (χ2n) is 7.01. The van der Waals surface area contributed by atoms with Gasteiger partial charge in [0.05, 0.1) is 12.1 Å². The van der Waals surface area contributed by atoms with Crippen LogP contribution >= 0.6 is 0 Å². The molecule has 2 saturated heterocycles. The van der Waals surface area contributed by atoms with Gasteiger partial charge in [0.15, 0.2) is 0 Å². The SMILES string of the molecule is Cn1cc([C@H]2CNC[C@@H]2C(=O)N2CC3CCCC3C2)cn1. The summed E-state index contributed by atoms with van der Waals surface area (Å²) in [6.07, 6.45) is 7.97. The van der Waals surface area contributed by atoms with E-state index >= 15 is 0 Å². The maximum atomic E-state index is 12.9. The molecule has 5 heteroatoms. The van der Waals surface area contributed by atoms with E-state index in [2.05, 4.69) is 21.5 Å². The highest BCUT2D eigenvalue weighted by molar-refractivity contribution is 5.81. The molecule has 2 unspecified atom stereocenters. The van der Waals surface area contributed by atoms with Gasteiger partial charge in [0.25, 0.3) is 0 Å². The number of aryl methyl sites for hydroxylation is 1. The summed E-state index contributed by atoms with van der Waals surface area (Å²) in [4.78, 5) is 15.1. The first-order valence-electron chi connectivity index (χ1n) is 8.20. The van der Waals surface area contributed by atoms with Crippen molar-refractivity contribution in [3.8, 4) is 0 Å². The maximum Gasteiger partial charge on any atom is 0.227 e. The number of likely N-dealkylation sites (tertiary alicyclic amines) is 1. The standard InChI is InChI=1S/C16H24N4O/c1-19-8-13(5-18-19)14-6-17-7-15(14)16(21)20-9-11-3-2-4-12(11)10-20/h5,8,11-12,14-15,17H,2-4,6-7,9-10H2,1H3/t11?,12?,14-,15+/m1/s1. The van der Waals surface area contributed by atoms with Crippen LogP contribution in [0.3, 0.4) is 0 Å². The molecule has 1 aromatic rings. The van der Waals surface area contributed by atoms with Crippen LogP contribution in [0.25, 0.3) is 0 Å². The Labute approximate surface area is 125 Å². The van der Waals surface area contributed by atoms with E-state index in [1.54, 1.807) is 0 Å². The third-order valence-corrected chi connectivity index (χ3v) is 5.72. The zero-order valence-corrected chi connectivity index (χ0v) is 12.7. The number of nitrogens with zero attached hydrogens (tertiary/aromatic N) is 3. The van der Waals surface area contributed by atoms with Crippen molar-refractivity contribution in [2.75, 3.05) is 26.2 Å². The number of aromatic nitrogens is 2. The Balaban J connectivity index is 1.48. The number of hydrogen-bond acceptors (Lipinski definition) is 3. The molecule has 3 heterocycles. The fourth-order valence-electron chi connectivity index (χ4n) is 4.57. The topological polar surface area (TPSA) is 50.2 Å². The molecule has 4 atom stereocenters. The third-order valence-electron chi connectivity index (χ3n) is 5.72. The number of carbonyl (C=O) groups excluding carboxylic acids is 1. The van der Waals surface area contributed by atoms with E-state index in [9.17, 15) is 4.79 Å². The summed E-state index contributed by atoms with van der Waals surface area (Å²) >= 11 is 0. The van der Waals surface area contributed by atoms with Crippen molar-refractivity contribution in [3.05, 3.63) is 18.0 Å². The molecule has 4 rings (SSSR count). The van der Waals surface area contributed by atoms with Crippen LogP contribution < -0.4 is 5.32 Å². The van der Waals surface area contributed by atoms with Crippen molar-refractivity contribution in [2.24, 2.45) is 24.8 Å². The van der Waals surface area contributed by atoms with E-state index in [-0.39, 0.29) is 11.8 Å². The largest absolute Gasteiger partial charge is 0.342 e. The quantitative estimate of drug-likeness (QED) is 0.882. The molecule has 21 heavy (non-hydrogen) atoms. The lowest BCUT2D eigenvalue weighted by Crippen LogP contribution is -2.37. The number of nitrogens with one attached hydrogen (secondary N) is 1. The second kappa shape index (κ2) is 5.13. The summed E-state index contributed by atoms with van der Waals surface area (Å²) in [7, 11) is 1.93. The monoisotopic (exact) mass is 288 g/mol. The number of amides is 1. The van der Waals surface area contributed by atoms with E-state index in [0.717, 1.165) is 38.0 Å². The van der Waals surface area contributed by atoms with Crippen LogP contribution in [0, 0.1) is 17.8 Å². The van der Waals surface area contributed by atoms with Crippen LogP contribution in [-0.4, -0.2) is 46.8 Å². The van der Waals surface area contributed by atoms with E-state index < -0.39 is 0 Å². The molecule has 0 radical (unpaired) electrons. The van der Waals surface area contributed by atoms with Gasteiger partial charge in [-0.1, -0.05) is 6.42 Å². The van der Waals surface area contributed by atoms with Gasteiger partial charge >= 0.3 is 0 Å². The van der Waals surface area contributed by atoms with Crippen molar-refractivity contribution >= 4 is 5.91 Å². The predicted molar refractivity (Wildman–Crippen MR) is 79.7 cm³/mol. The highest BCUT2D eigenvalue weighted by atomic mass is 16.2. The average Bonchev–Trinajstić information content (AvgIpc) is 3.20. The fraction of sp³-hybridized carbons (Fsp3) is 0.750. The van der Waals surface area contributed by atoms with E-state index in [1.165, 1.54) is 24.8 Å². The van der Waals surface area contributed by atoms with Crippen LogP contribution in [0.15, 0.2) is 12.4 Å². The first-order valence-corrected chi connectivity index (χ1v) is 8.20. The van der Waals surface area contributed by atoms with Gasteiger partial charge < -0.3 is 10.2 Å². The molecule has 1 N–H and O–H groups in total. The zero-order chi connectivity index (χ0) is 14.4. The number of rotatable bonds is 2. The van der Waals surface area contributed by atoms with Crippen molar-refractivity contribution in [1.82, 2.24) is 20.0 Å². The molecule has 3 fully saturated rings. The van der Waals surface area contributed by atoms with Crippen LogP contribution in [0.5, 0.6) is 0 Å². The Morgan fingerprint density at radius 3 is 2.71 bits per heavy atom. The molecular weight excluding hydrogens is 264 g/mol. The highest BCUT2D eigenvalue weighted by Crippen LogP contribution is 2.39. The molecule has 0 bridgehead atoms. The minimum atomic E-state index is 0.0908. The van der Waals surface area contributed by atoms with Crippen LogP contribution in [0.1, 0.15) is 30.7 Å². The molecule has 3 aliphatic rings. The minimum Gasteiger partial charge on any atom is -0.342 e. The van der Waals surface area contributed by atoms with Crippen molar-refractivity contribution in [2.45, 2.75) is 25.2 Å². The van der Waals surface area contributed by atoms with Gasteiger partial charge in [-0.05, 0) is 30.2 Å². The predicted octanol–water partition coefficient (Wildman–Crippen LogP) is 0.982. The molecule has 1 saturated carbocycles. The molecule has 1 amide bonds. The van der Waals surface area contributed by atoms with E-state index in [4.69, 9.17) is 0 Å². The molecule has 1 aliphatic carbocycles. The van der Waals surface area contributed by atoms with Gasteiger partial charge in [-0.15, -0.1) is 0 Å². The minimum absolute atomic E-state index is 0.0908. The smallest absolute Gasteiger partial charge is 0.227 e. The lowest BCUT2D eigenvalue weighted by atomic mass is 9.90. The second-order valence-corrected chi connectivity index (χ2v) is 7.01. The Morgan fingerprint density at radius 2 is 2.05 bits per heavy atom. The Hall–Kier alpha value is -1.36. The summed E-state index contributed by atoms with van der Waals surface area (Å²) in [5, 5.41) is 7.66. The van der Waals surface area contributed by atoms with E-state index in [1.807, 2.05) is 17.9 Å². The fourth-order valence-corrected chi connectivity index (χ4v) is 4.57. The normalized spacial score (nSPS) is 35.4. The van der Waals surface area contributed by atoms with Gasteiger partial charge in [0.2, 0.25) is 5.91 Å². The molecule has 2 aliphatic heterocycles. The molecule has 1 aromatic heterocycles. The lowest BCUT2D eigenvalue weighted by Gasteiger charge is -2.24. The number of fused-ring (bicyclic) bond motifs is 1. The highest BCUT2D eigenvalue weighted by Gasteiger charge is 2.43. The molecule has 0 aromatic carbocycles. The van der Waals surface area contributed by atoms with Gasteiger partial charge in [-0.25, -0.2) is 0 Å². The molecule has 5 nitrogen and oxygen atoms in total. The molecular formula is C16H24N4O. The van der Waals surface area contributed by atoms with Gasteiger partial charge in [-0.2, -0.15) is 5.10 Å². The summed E-state index contributed by atoms with van der Waals surface area (Å²) in [5.74, 6) is 2.29. The number of hydrogen-bond donors (Lipinski definition) is 1. The summed E-state index contributed by atoms with van der Waals surface area (Å²) in [5.41, 5.74) is 1.19. The summed E-state index contributed by atoms with van der Waals surface area (Å²) in [6.45, 7) is 3.70. The van der Waals surface area contributed by atoms with Gasteiger partial charge in [0.1, 0.15) is 0 Å². The molecule has 0 spiro atoms. The van der Waals surface area contributed by atoms with Crippen LogP contribution in [-0.2, 0) is 11.8 Å². The van der Waals surface area contributed by atoms with Crippen LogP contribution in [0.4, 0.5) is 0 Å². The van der Waals surface area contributed by atoms with Gasteiger partial charge in [0, 0.05) is 45.3 Å². The zero-order valence-electron chi connectivity index (χ0n) is 12.7. The Bertz CT molecular complexity index is 528. The van der Waals surface area contributed by atoms with Gasteiger partial charge in [-0.3, -0.25) is 9.48 Å². The Kier molecular flexibility index (Phi) is 3.25. The summed E-state index contributed by atoms with van der Waals surface area (Å²) in [6, 6.07) is 0. The maximum absolute atomic E-state index is 12.9. The first kappa shape index (κ1) is 13.3. The lowest BCUT2D eigenvalue weighted by molar-refractivity contribution is -0.134. The first-order chi connectivity index (χ1) is 10.2.